The van der Waals surface area contributed by atoms with Gasteiger partial charge in [-0.25, -0.2) is 4.39 Å². The van der Waals surface area contributed by atoms with E-state index in [4.69, 9.17) is 5.26 Å². The molecule has 5 nitrogen and oxygen atoms in total. The van der Waals surface area contributed by atoms with Crippen molar-refractivity contribution in [3.8, 4) is 6.07 Å². The minimum absolute atomic E-state index is 0.0508. The number of halogens is 4. The van der Waals surface area contributed by atoms with E-state index in [1.54, 1.807) is 11.4 Å². The van der Waals surface area contributed by atoms with Gasteiger partial charge in [-0.05, 0) is 30.3 Å². The van der Waals surface area contributed by atoms with Gasteiger partial charge < -0.3 is 10.6 Å². The average molecular weight is 351 g/mol. The molecule has 0 heterocycles. The van der Waals surface area contributed by atoms with Crippen molar-refractivity contribution in [1.82, 2.24) is 0 Å². The van der Waals surface area contributed by atoms with Gasteiger partial charge in [-0.1, -0.05) is 12.1 Å². The van der Waals surface area contributed by atoms with Gasteiger partial charge in [0, 0.05) is 5.69 Å². The average Bonchev–Trinajstić information content (AvgIpc) is 2.55. The Morgan fingerprint density at radius 3 is 2.32 bits per heavy atom. The number of rotatable bonds is 3. The first-order valence-electron chi connectivity index (χ1n) is 6.70. The van der Waals surface area contributed by atoms with E-state index in [-0.39, 0.29) is 22.5 Å². The molecule has 0 aliphatic heterocycles. The summed E-state index contributed by atoms with van der Waals surface area (Å²) < 4.78 is 50.3. The molecule has 0 saturated heterocycles. The molecule has 2 amide bonds. The van der Waals surface area contributed by atoms with Crippen LogP contribution >= 0.6 is 0 Å². The Morgan fingerprint density at radius 1 is 1.04 bits per heavy atom. The third-order valence-corrected chi connectivity index (χ3v) is 3.02. The van der Waals surface area contributed by atoms with Crippen molar-refractivity contribution in [2.24, 2.45) is 0 Å². The van der Waals surface area contributed by atoms with Crippen molar-refractivity contribution in [3.63, 3.8) is 0 Å². The Balaban J connectivity index is 2.22. The highest BCUT2D eigenvalue weighted by molar-refractivity contribution is 6.05. The summed E-state index contributed by atoms with van der Waals surface area (Å²) in [6.07, 6.45) is -5.11. The van der Waals surface area contributed by atoms with Gasteiger partial charge in [-0.2, -0.15) is 18.4 Å². The van der Waals surface area contributed by atoms with E-state index in [0.717, 1.165) is 18.2 Å². The maximum atomic E-state index is 13.5. The zero-order chi connectivity index (χ0) is 18.6. The first-order chi connectivity index (χ1) is 11.7. The summed E-state index contributed by atoms with van der Waals surface area (Å²) in [4.78, 5) is 22.9. The van der Waals surface area contributed by atoms with Gasteiger partial charge >= 0.3 is 12.1 Å². The first kappa shape index (κ1) is 17.9. The zero-order valence-electron chi connectivity index (χ0n) is 12.3. The van der Waals surface area contributed by atoms with Crippen LogP contribution in [0.25, 0.3) is 0 Å². The van der Waals surface area contributed by atoms with Crippen LogP contribution in [0.5, 0.6) is 0 Å². The quantitative estimate of drug-likeness (QED) is 0.831. The van der Waals surface area contributed by atoms with E-state index in [2.05, 4.69) is 5.32 Å². The highest BCUT2D eigenvalue weighted by Gasteiger charge is 2.39. The lowest BCUT2D eigenvalue weighted by atomic mass is 10.1. The van der Waals surface area contributed by atoms with Crippen molar-refractivity contribution in [3.05, 3.63) is 59.4 Å². The van der Waals surface area contributed by atoms with Gasteiger partial charge in [0.1, 0.15) is 11.9 Å². The fourth-order valence-electron chi connectivity index (χ4n) is 1.86. The standard InChI is InChI=1S/C16H9F4N3O2/c17-12-4-2-1-3-11(12)14(24)22-10-5-6-13(9(7-10)8-21)23-15(25)16(18,19)20/h1-7H,(H,22,24)(H,23,25). The summed E-state index contributed by atoms with van der Waals surface area (Å²) in [6.45, 7) is 0. The fraction of sp³-hybridized carbons (Fsp3) is 0.0625. The summed E-state index contributed by atoms with van der Waals surface area (Å²) in [7, 11) is 0. The van der Waals surface area contributed by atoms with Crippen LogP contribution in [-0.2, 0) is 4.79 Å². The molecule has 0 aliphatic carbocycles. The summed E-state index contributed by atoms with van der Waals surface area (Å²) in [5.74, 6) is -3.78. The lowest BCUT2D eigenvalue weighted by Crippen LogP contribution is -2.30. The number of hydrogen-bond donors (Lipinski definition) is 2. The maximum absolute atomic E-state index is 13.5. The van der Waals surface area contributed by atoms with Crippen LogP contribution < -0.4 is 10.6 Å². The molecule has 128 valence electrons. The molecular formula is C16H9F4N3O2. The van der Waals surface area contributed by atoms with Crippen LogP contribution in [0.3, 0.4) is 0 Å². The van der Waals surface area contributed by atoms with E-state index in [1.165, 1.54) is 24.3 Å². The molecule has 0 spiro atoms. The molecule has 0 bridgehead atoms. The molecular weight excluding hydrogens is 342 g/mol. The van der Waals surface area contributed by atoms with E-state index in [1.807, 2.05) is 0 Å². The molecule has 0 radical (unpaired) electrons. The van der Waals surface area contributed by atoms with Gasteiger partial charge in [0.05, 0.1) is 16.8 Å². The summed E-state index contributed by atoms with van der Waals surface area (Å²) in [6, 6.07) is 10.1. The topological polar surface area (TPSA) is 82.0 Å². The van der Waals surface area contributed by atoms with Gasteiger partial charge in [0.15, 0.2) is 0 Å². The molecule has 0 unspecified atom stereocenters. The predicted octanol–water partition coefficient (Wildman–Crippen LogP) is 3.45. The molecule has 0 atom stereocenters. The van der Waals surface area contributed by atoms with Crippen LogP contribution in [0, 0.1) is 17.1 Å². The molecule has 2 N–H and O–H groups in total. The second-order valence-electron chi connectivity index (χ2n) is 4.76. The summed E-state index contributed by atoms with van der Waals surface area (Å²) >= 11 is 0. The molecule has 0 aliphatic rings. The zero-order valence-corrected chi connectivity index (χ0v) is 12.3. The van der Waals surface area contributed by atoms with Gasteiger partial charge in [-0.3, -0.25) is 9.59 Å². The lowest BCUT2D eigenvalue weighted by Gasteiger charge is -2.11. The Hall–Kier alpha value is -3.41. The van der Waals surface area contributed by atoms with Crippen molar-refractivity contribution < 1.29 is 27.2 Å². The normalized spacial score (nSPS) is 10.7. The molecule has 2 rings (SSSR count). The monoisotopic (exact) mass is 351 g/mol. The third-order valence-electron chi connectivity index (χ3n) is 3.02. The largest absolute Gasteiger partial charge is 0.471 e. The first-order valence-corrected chi connectivity index (χ1v) is 6.70. The van der Waals surface area contributed by atoms with Crippen LogP contribution in [0.1, 0.15) is 15.9 Å². The van der Waals surface area contributed by atoms with Crippen LogP contribution in [0.15, 0.2) is 42.5 Å². The van der Waals surface area contributed by atoms with Crippen LogP contribution in [-0.4, -0.2) is 18.0 Å². The van der Waals surface area contributed by atoms with Crippen LogP contribution in [0.4, 0.5) is 28.9 Å². The number of nitriles is 1. The lowest BCUT2D eigenvalue weighted by molar-refractivity contribution is -0.167. The maximum Gasteiger partial charge on any atom is 0.471 e. The Labute approximate surface area is 138 Å². The number of hydrogen-bond acceptors (Lipinski definition) is 3. The van der Waals surface area contributed by atoms with Crippen molar-refractivity contribution in [2.45, 2.75) is 6.18 Å². The molecule has 25 heavy (non-hydrogen) atoms. The second-order valence-corrected chi connectivity index (χ2v) is 4.76. The van der Waals surface area contributed by atoms with E-state index >= 15 is 0 Å². The third kappa shape index (κ3) is 4.32. The van der Waals surface area contributed by atoms with Gasteiger partial charge in [0.25, 0.3) is 5.91 Å². The Bertz CT molecular complexity index is 872. The molecule has 0 saturated carbocycles. The molecule has 0 aromatic heterocycles. The number of carbonyl (C=O) groups is 2. The summed E-state index contributed by atoms with van der Waals surface area (Å²) in [5.41, 5.74) is -0.858. The van der Waals surface area contributed by atoms with E-state index < -0.39 is 23.8 Å². The van der Waals surface area contributed by atoms with Crippen molar-refractivity contribution >= 4 is 23.2 Å². The Kier molecular flexibility index (Phi) is 5.02. The smallest absolute Gasteiger partial charge is 0.322 e. The number of alkyl halides is 3. The molecule has 0 fully saturated rings. The summed E-state index contributed by atoms with van der Waals surface area (Å²) in [5, 5.41) is 12.9. The van der Waals surface area contributed by atoms with Gasteiger partial charge in [0.2, 0.25) is 0 Å². The number of carbonyl (C=O) groups excluding carboxylic acids is 2. The number of amides is 2. The predicted molar refractivity (Wildman–Crippen MR) is 80.2 cm³/mol. The molecule has 9 heteroatoms. The van der Waals surface area contributed by atoms with Crippen molar-refractivity contribution in [2.75, 3.05) is 10.6 Å². The molecule has 2 aromatic rings. The van der Waals surface area contributed by atoms with E-state index in [9.17, 15) is 27.2 Å². The van der Waals surface area contributed by atoms with Crippen LogP contribution in [0.2, 0.25) is 0 Å². The Morgan fingerprint density at radius 2 is 1.72 bits per heavy atom. The second kappa shape index (κ2) is 7.00. The molecule has 2 aromatic carbocycles. The number of benzene rings is 2. The minimum Gasteiger partial charge on any atom is -0.322 e. The SMILES string of the molecule is N#Cc1cc(NC(=O)c2ccccc2F)ccc1NC(=O)C(F)(F)F. The highest BCUT2D eigenvalue weighted by atomic mass is 19.4. The van der Waals surface area contributed by atoms with Gasteiger partial charge in [-0.15, -0.1) is 0 Å². The number of nitrogens with zero attached hydrogens (tertiary/aromatic N) is 1. The highest BCUT2D eigenvalue weighted by Crippen LogP contribution is 2.24. The number of anilines is 2. The number of nitrogens with one attached hydrogen (secondary N) is 2. The van der Waals surface area contributed by atoms with E-state index in [0.29, 0.717) is 0 Å². The van der Waals surface area contributed by atoms with Crippen molar-refractivity contribution in [1.29, 1.82) is 5.26 Å². The fourth-order valence-corrected chi connectivity index (χ4v) is 1.86. The minimum atomic E-state index is -5.11.